The van der Waals surface area contributed by atoms with Gasteiger partial charge < -0.3 is 4.42 Å². The van der Waals surface area contributed by atoms with Crippen LogP contribution in [0.15, 0.2) is 28.7 Å². The van der Waals surface area contributed by atoms with E-state index in [0.29, 0.717) is 11.8 Å². The van der Waals surface area contributed by atoms with E-state index in [2.05, 4.69) is 10.2 Å². The molecule has 94 valence electrons. The summed E-state index contributed by atoms with van der Waals surface area (Å²) in [7, 11) is 0. The summed E-state index contributed by atoms with van der Waals surface area (Å²) >= 11 is 0. The molecule has 0 saturated heterocycles. The van der Waals surface area contributed by atoms with Crippen LogP contribution in [0, 0.1) is 17.0 Å². The number of rotatable bonds is 3. The van der Waals surface area contributed by atoms with Crippen LogP contribution in [-0.2, 0) is 5.41 Å². The molecule has 1 aromatic carbocycles. The lowest BCUT2D eigenvalue weighted by Crippen LogP contribution is -2.19. The van der Waals surface area contributed by atoms with E-state index in [1.165, 1.54) is 12.1 Å². The molecule has 2 rings (SSSR count). The molecular formula is C12H13N3O3. The summed E-state index contributed by atoms with van der Waals surface area (Å²) in [6.07, 6.45) is 0. The zero-order chi connectivity index (χ0) is 13.3. The van der Waals surface area contributed by atoms with E-state index in [1.807, 2.05) is 13.8 Å². The van der Waals surface area contributed by atoms with Gasteiger partial charge in [0.05, 0.1) is 10.3 Å². The van der Waals surface area contributed by atoms with Gasteiger partial charge in [-0.05, 0) is 19.4 Å². The van der Waals surface area contributed by atoms with Crippen molar-refractivity contribution in [3.05, 3.63) is 51.7 Å². The lowest BCUT2D eigenvalue weighted by molar-refractivity contribution is -0.384. The average Bonchev–Trinajstić information content (AvgIpc) is 2.76. The third-order valence-corrected chi connectivity index (χ3v) is 2.86. The first-order valence-corrected chi connectivity index (χ1v) is 5.47. The van der Waals surface area contributed by atoms with Crippen molar-refractivity contribution in [3.63, 3.8) is 0 Å². The Hall–Kier alpha value is -2.24. The number of nitro benzene ring substituents is 1. The van der Waals surface area contributed by atoms with Crippen LogP contribution in [-0.4, -0.2) is 15.1 Å². The van der Waals surface area contributed by atoms with Crippen molar-refractivity contribution in [2.45, 2.75) is 26.2 Å². The van der Waals surface area contributed by atoms with Crippen molar-refractivity contribution in [2.75, 3.05) is 0 Å². The van der Waals surface area contributed by atoms with Crippen LogP contribution < -0.4 is 0 Å². The van der Waals surface area contributed by atoms with Gasteiger partial charge in [0.25, 0.3) is 5.69 Å². The summed E-state index contributed by atoms with van der Waals surface area (Å²) < 4.78 is 5.42. The van der Waals surface area contributed by atoms with E-state index in [0.717, 1.165) is 5.56 Å². The largest absolute Gasteiger partial charge is 0.425 e. The van der Waals surface area contributed by atoms with Crippen LogP contribution in [0.3, 0.4) is 0 Å². The van der Waals surface area contributed by atoms with Gasteiger partial charge >= 0.3 is 0 Å². The minimum atomic E-state index is -0.476. The molecule has 0 bridgehead atoms. The first-order valence-electron chi connectivity index (χ1n) is 5.47. The molecule has 0 aliphatic heterocycles. The molecule has 0 aliphatic rings. The summed E-state index contributed by atoms with van der Waals surface area (Å²) in [6.45, 7) is 5.59. The highest BCUT2D eigenvalue weighted by Crippen LogP contribution is 2.31. The van der Waals surface area contributed by atoms with Gasteiger partial charge in [0, 0.05) is 19.1 Å². The number of benzene rings is 1. The molecule has 0 unspecified atom stereocenters. The number of hydrogen-bond acceptors (Lipinski definition) is 5. The fourth-order valence-corrected chi connectivity index (χ4v) is 1.67. The van der Waals surface area contributed by atoms with E-state index >= 15 is 0 Å². The van der Waals surface area contributed by atoms with Crippen molar-refractivity contribution >= 4 is 5.69 Å². The minimum absolute atomic E-state index is 0.0660. The first kappa shape index (κ1) is 12.2. The summed E-state index contributed by atoms with van der Waals surface area (Å²) in [5.41, 5.74) is 0.476. The second-order valence-electron chi connectivity index (χ2n) is 4.56. The highest BCUT2D eigenvalue weighted by atomic mass is 16.6. The lowest BCUT2D eigenvalue weighted by atomic mass is 9.84. The fourth-order valence-electron chi connectivity index (χ4n) is 1.67. The summed E-state index contributed by atoms with van der Waals surface area (Å²) in [4.78, 5) is 10.2. The molecule has 0 atom stereocenters. The van der Waals surface area contributed by atoms with Gasteiger partial charge in [0.15, 0.2) is 0 Å². The predicted octanol–water partition coefficient (Wildman–Crippen LogP) is 2.61. The number of nitrogens with zero attached hydrogens (tertiary/aromatic N) is 3. The molecule has 0 radical (unpaired) electrons. The average molecular weight is 247 g/mol. The van der Waals surface area contributed by atoms with Crippen molar-refractivity contribution in [1.29, 1.82) is 0 Å². The van der Waals surface area contributed by atoms with Crippen molar-refractivity contribution in [3.8, 4) is 0 Å². The number of hydrogen-bond donors (Lipinski definition) is 0. The van der Waals surface area contributed by atoms with Crippen LogP contribution in [0.2, 0.25) is 0 Å². The van der Waals surface area contributed by atoms with Gasteiger partial charge in [-0.25, -0.2) is 0 Å². The van der Waals surface area contributed by atoms with Gasteiger partial charge in [-0.2, -0.15) is 0 Å². The van der Waals surface area contributed by atoms with Gasteiger partial charge in [0.2, 0.25) is 11.8 Å². The summed E-state index contributed by atoms with van der Waals surface area (Å²) in [6, 6.07) is 6.36. The Morgan fingerprint density at radius 3 is 2.28 bits per heavy atom. The molecule has 2 aromatic rings. The molecule has 1 heterocycles. The van der Waals surface area contributed by atoms with E-state index < -0.39 is 10.3 Å². The Balaban J connectivity index is 2.38. The van der Waals surface area contributed by atoms with E-state index in [9.17, 15) is 10.1 Å². The van der Waals surface area contributed by atoms with Crippen LogP contribution in [0.1, 0.15) is 31.2 Å². The standard InChI is InChI=1S/C12H13N3O3/c1-8-13-14-11(18-8)12(2,3)9-4-6-10(7-5-9)15(16)17/h4-7H,1-3H3. The normalized spacial score (nSPS) is 11.5. The van der Waals surface area contributed by atoms with Gasteiger partial charge in [-0.1, -0.05) is 12.1 Å². The number of aryl methyl sites for hydroxylation is 1. The fraction of sp³-hybridized carbons (Fsp3) is 0.333. The van der Waals surface area contributed by atoms with Crippen LogP contribution in [0.25, 0.3) is 0 Å². The lowest BCUT2D eigenvalue weighted by Gasteiger charge is -2.20. The maximum atomic E-state index is 10.6. The number of nitro groups is 1. The minimum Gasteiger partial charge on any atom is -0.425 e. The van der Waals surface area contributed by atoms with Gasteiger partial charge in [-0.3, -0.25) is 10.1 Å². The molecule has 6 heteroatoms. The first-order chi connectivity index (χ1) is 8.41. The third-order valence-electron chi connectivity index (χ3n) is 2.86. The Morgan fingerprint density at radius 2 is 1.83 bits per heavy atom. The zero-order valence-electron chi connectivity index (χ0n) is 10.4. The molecular weight excluding hydrogens is 234 g/mol. The molecule has 0 N–H and O–H groups in total. The van der Waals surface area contributed by atoms with E-state index in [-0.39, 0.29) is 5.69 Å². The molecule has 0 aliphatic carbocycles. The van der Waals surface area contributed by atoms with Gasteiger partial charge in [-0.15, -0.1) is 10.2 Å². The molecule has 6 nitrogen and oxygen atoms in total. The Kier molecular flexibility index (Phi) is 2.86. The Bertz CT molecular complexity index is 573. The van der Waals surface area contributed by atoms with Crippen LogP contribution in [0.5, 0.6) is 0 Å². The smallest absolute Gasteiger partial charge is 0.269 e. The topological polar surface area (TPSA) is 82.1 Å². The molecule has 1 aromatic heterocycles. The molecule has 0 spiro atoms. The zero-order valence-corrected chi connectivity index (χ0v) is 10.4. The SMILES string of the molecule is Cc1nnc(C(C)(C)c2ccc([N+](=O)[O-])cc2)o1. The van der Waals surface area contributed by atoms with Gasteiger partial charge in [0.1, 0.15) is 0 Å². The number of aromatic nitrogens is 2. The summed E-state index contributed by atoms with van der Waals surface area (Å²) in [5.74, 6) is 0.994. The maximum Gasteiger partial charge on any atom is 0.269 e. The van der Waals surface area contributed by atoms with Crippen molar-refractivity contribution in [2.24, 2.45) is 0 Å². The Morgan fingerprint density at radius 1 is 1.22 bits per heavy atom. The van der Waals surface area contributed by atoms with Crippen molar-refractivity contribution < 1.29 is 9.34 Å². The molecule has 0 saturated carbocycles. The van der Waals surface area contributed by atoms with Crippen LogP contribution >= 0.6 is 0 Å². The summed E-state index contributed by atoms with van der Waals surface area (Å²) in [5, 5.41) is 18.4. The van der Waals surface area contributed by atoms with E-state index in [1.54, 1.807) is 19.1 Å². The maximum absolute atomic E-state index is 10.6. The molecule has 0 fully saturated rings. The predicted molar refractivity (Wildman–Crippen MR) is 64.3 cm³/mol. The monoisotopic (exact) mass is 247 g/mol. The van der Waals surface area contributed by atoms with Crippen LogP contribution in [0.4, 0.5) is 5.69 Å². The Labute approximate surface area is 104 Å². The molecule has 0 amide bonds. The second kappa shape index (κ2) is 4.21. The highest BCUT2D eigenvalue weighted by molar-refractivity contribution is 5.38. The van der Waals surface area contributed by atoms with Crippen molar-refractivity contribution in [1.82, 2.24) is 10.2 Å². The number of non-ortho nitro benzene ring substituents is 1. The van der Waals surface area contributed by atoms with E-state index in [4.69, 9.17) is 4.42 Å². The highest BCUT2D eigenvalue weighted by Gasteiger charge is 2.29. The quantitative estimate of drug-likeness (QED) is 0.615. The second-order valence-corrected chi connectivity index (χ2v) is 4.56. The molecule has 18 heavy (non-hydrogen) atoms. The third kappa shape index (κ3) is 2.09.